The van der Waals surface area contributed by atoms with Crippen molar-refractivity contribution in [2.45, 2.75) is 13.8 Å². The van der Waals surface area contributed by atoms with Crippen LogP contribution in [0.15, 0.2) is 42.5 Å². The largest absolute Gasteiger partial charge is 0.496 e. The van der Waals surface area contributed by atoms with Crippen LogP contribution in [-0.2, 0) is 0 Å². The van der Waals surface area contributed by atoms with Gasteiger partial charge in [-0.25, -0.2) is 0 Å². The summed E-state index contributed by atoms with van der Waals surface area (Å²) in [6.07, 6.45) is 0. The molecule has 22 heavy (non-hydrogen) atoms. The van der Waals surface area contributed by atoms with E-state index in [9.17, 15) is 4.79 Å². The minimum atomic E-state index is -0.159. The lowest BCUT2D eigenvalue weighted by Gasteiger charge is -2.11. The number of rotatable bonds is 6. The zero-order valence-corrected chi connectivity index (χ0v) is 13.2. The van der Waals surface area contributed by atoms with Gasteiger partial charge < -0.3 is 14.8 Å². The molecular formula is C18H21NO3. The highest BCUT2D eigenvalue weighted by Crippen LogP contribution is 2.19. The normalized spacial score (nSPS) is 10.1. The fourth-order valence-corrected chi connectivity index (χ4v) is 2.06. The Balaban J connectivity index is 1.85. The van der Waals surface area contributed by atoms with E-state index in [1.807, 2.05) is 50.2 Å². The molecule has 0 fully saturated rings. The van der Waals surface area contributed by atoms with E-state index < -0.39 is 0 Å². The number of amides is 1. The molecule has 1 N–H and O–H groups in total. The monoisotopic (exact) mass is 299 g/mol. The molecule has 0 atom stereocenters. The quantitative estimate of drug-likeness (QED) is 0.834. The first-order valence-electron chi connectivity index (χ1n) is 7.22. The van der Waals surface area contributed by atoms with Gasteiger partial charge in [0.1, 0.15) is 18.1 Å². The third-order valence-corrected chi connectivity index (χ3v) is 3.28. The average Bonchev–Trinajstić information content (AvgIpc) is 2.53. The van der Waals surface area contributed by atoms with Gasteiger partial charge in [-0.05, 0) is 38.1 Å². The van der Waals surface area contributed by atoms with Crippen LogP contribution in [0.25, 0.3) is 0 Å². The summed E-state index contributed by atoms with van der Waals surface area (Å²) < 4.78 is 10.8. The highest BCUT2D eigenvalue weighted by molar-refractivity contribution is 5.97. The van der Waals surface area contributed by atoms with Crippen LogP contribution in [0.3, 0.4) is 0 Å². The Morgan fingerprint density at radius 2 is 1.73 bits per heavy atom. The fourth-order valence-electron chi connectivity index (χ4n) is 2.06. The minimum absolute atomic E-state index is 0.159. The summed E-state index contributed by atoms with van der Waals surface area (Å²) >= 11 is 0. The van der Waals surface area contributed by atoms with Crippen molar-refractivity contribution in [1.82, 2.24) is 5.32 Å². The van der Waals surface area contributed by atoms with Crippen molar-refractivity contribution >= 4 is 5.91 Å². The third kappa shape index (κ3) is 4.25. The summed E-state index contributed by atoms with van der Waals surface area (Å²) in [5, 5.41) is 2.84. The van der Waals surface area contributed by atoms with Crippen LogP contribution >= 0.6 is 0 Å². The van der Waals surface area contributed by atoms with Crippen molar-refractivity contribution in [3.05, 3.63) is 59.2 Å². The van der Waals surface area contributed by atoms with Crippen molar-refractivity contribution in [2.75, 3.05) is 20.3 Å². The van der Waals surface area contributed by atoms with Crippen molar-refractivity contribution in [3.8, 4) is 11.5 Å². The molecule has 0 aliphatic carbocycles. The number of nitrogens with one attached hydrogen (secondary N) is 1. The Morgan fingerprint density at radius 3 is 2.41 bits per heavy atom. The second-order valence-electron chi connectivity index (χ2n) is 5.12. The number of methoxy groups -OCH3 is 1. The first-order chi connectivity index (χ1) is 10.6. The Morgan fingerprint density at radius 1 is 1.05 bits per heavy atom. The number of carbonyl (C=O) groups is 1. The minimum Gasteiger partial charge on any atom is -0.496 e. The van der Waals surface area contributed by atoms with E-state index in [4.69, 9.17) is 9.47 Å². The zero-order chi connectivity index (χ0) is 15.9. The van der Waals surface area contributed by atoms with Gasteiger partial charge in [0.25, 0.3) is 5.91 Å². The molecule has 0 aliphatic heterocycles. The molecular weight excluding hydrogens is 278 g/mol. The van der Waals surface area contributed by atoms with Crippen molar-refractivity contribution in [2.24, 2.45) is 0 Å². The number of hydrogen-bond donors (Lipinski definition) is 1. The van der Waals surface area contributed by atoms with Gasteiger partial charge in [-0.15, -0.1) is 0 Å². The summed E-state index contributed by atoms with van der Waals surface area (Å²) in [6, 6.07) is 13.3. The van der Waals surface area contributed by atoms with E-state index in [1.165, 1.54) is 5.56 Å². The van der Waals surface area contributed by atoms with Crippen molar-refractivity contribution in [1.29, 1.82) is 0 Å². The summed E-state index contributed by atoms with van der Waals surface area (Å²) in [5.41, 5.74) is 2.74. The standard InChI is InChI=1S/C18H21NO3/c1-13-4-7-15(8-5-13)22-11-10-19-18(20)16-12-14(2)6-9-17(16)21-3/h4-9,12H,10-11H2,1-3H3,(H,19,20). The molecule has 0 spiro atoms. The predicted octanol–water partition coefficient (Wildman–Crippen LogP) is 3.12. The zero-order valence-electron chi connectivity index (χ0n) is 13.2. The molecule has 0 bridgehead atoms. The second-order valence-corrected chi connectivity index (χ2v) is 5.12. The van der Waals surface area contributed by atoms with Gasteiger partial charge in [0, 0.05) is 0 Å². The van der Waals surface area contributed by atoms with E-state index >= 15 is 0 Å². The van der Waals surface area contributed by atoms with Crippen molar-refractivity contribution < 1.29 is 14.3 Å². The lowest BCUT2D eigenvalue weighted by atomic mass is 10.1. The van der Waals surface area contributed by atoms with Crippen LogP contribution in [0.4, 0.5) is 0 Å². The summed E-state index contributed by atoms with van der Waals surface area (Å²) in [6.45, 7) is 4.82. The van der Waals surface area contributed by atoms with Gasteiger partial charge in [-0.1, -0.05) is 29.3 Å². The lowest BCUT2D eigenvalue weighted by molar-refractivity contribution is 0.0944. The highest BCUT2D eigenvalue weighted by atomic mass is 16.5. The van der Waals surface area contributed by atoms with Crippen LogP contribution in [-0.4, -0.2) is 26.2 Å². The maximum Gasteiger partial charge on any atom is 0.255 e. The second kappa shape index (κ2) is 7.50. The first kappa shape index (κ1) is 15.9. The van der Waals surface area contributed by atoms with Crippen molar-refractivity contribution in [3.63, 3.8) is 0 Å². The Bertz CT molecular complexity index is 635. The fraction of sp³-hybridized carbons (Fsp3) is 0.278. The van der Waals surface area contributed by atoms with Gasteiger partial charge in [-0.3, -0.25) is 4.79 Å². The van der Waals surface area contributed by atoms with Crippen LogP contribution in [0.1, 0.15) is 21.5 Å². The van der Waals surface area contributed by atoms with Crippen LogP contribution in [0.2, 0.25) is 0 Å². The number of ether oxygens (including phenoxy) is 2. The molecule has 2 rings (SSSR count). The summed E-state index contributed by atoms with van der Waals surface area (Å²) in [5.74, 6) is 1.21. The third-order valence-electron chi connectivity index (χ3n) is 3.28. The number of aryl methyl sites for hydroxylation is 2. The molecule has 2 aromatic carbocycles. The maximum absolute atomic E-state index is 12.2. The van der Waals surface area contributed by atoms with Gasteiger partial charge >= 0.3 is 0 Å². The van der Waals surface area contributed by atoms with E-state index in [-0.39, 0.29) is 5.91 Å². The molecule has 0 heterocycles. The molecule has 0 unspecified atom stereocenters. The van der Waals surface area contributed by atoms with E-state index in [0.717, 1.165) is 11.3 Å². The molecule has 4 nitrogen and oxygen atoms in total. The van der Waals surface area contributed by atoms with E-state index in [1.54, 1.807) is 13.2 Å². The highest BCUT2D eigenvalue weighted by Gasteiger charge is 2.11. The molecule has 2 aromatic rings. The lowest BCUT2D eigenvalue weighted by Crippen LogP contribution is -2.28. The van der Waals surface area contributed by atoms with Crippen LogP contribution in [0, 0.1) is 13.8 Å². The summed E-state index contributed by atoms with van der Waals surface area (Å²) in [7, 11) is 1.56. The topological polar surface area (TPSA) is 47.6 Å². The van der Waals surface area contributed by atoms with Gasteiger partial charge in [-0.2, -0.15) is 0 Å². The smallest absolute Gasteiger partial charge is 0.255 e. The molecule has 0 aliphatic rings. The molecule has 0 saturated carbocycles. The number of hydrogen-bond acceptors (Lipinski definition) is 3. The molecule has 4 heteroatoms. The molecule has 116 valence electrons. The van der Waals surface area contributed by atoms with Gasteiger partial charge in [0.05, 0.1) is 19.2 Å². The van der Waals surface area contributed by atoms with Crippen LogP contribution in [0.5, 0.6) is 11.5 Å². The number of carbonyl (C=O) groups excluding carboxylic acids is 1. The maximum atomic E-state index is 12.2. The molecule has 0 aromatic heterocycles. The SMILES string of the molecule is COc1ccc(C)cc1C(=O)NCCOc1ccc(C)cc1. The van der Waals surface area contributed by atoms with E-state index in [2.05, 4.69) is 5.32 Å². The van der Waals surface area contributed by atoms with Gasteiger partial charge in [0.15, 0.2) is 0 Å². The first-order valence-corrected chi connectivity index (χ1v) is 7.22. The summed E-state index contributed by atoms with van der Waals surface area (Å²) in [4.78, 5) is 12.2. The van der Waals surface area contributed by atoms with Crippen LogP contribution < -0.4 is 14.8 Å². The predicted molar refractivity (Wildman–Crippen MR) is 86.7 cm³/mol. The average molecular weight is 299 g/mol. The molecule has 0 radical (unpaired) electrons. The number of benzene rings is 2. The Kier molecular flexibility index (Phi) is 5.42. The Hall–Kier alpha value is -2.49. The van der Waals surface area contributed by atoms with Gasteiger partial charge in [0.2, 0.25) is 0 Å². The molecule has 1 amide bonds. The van der Waals surface area contributed by atoms with E-state index in [0.29, 0.717) is 24.5 Å². The molecule has 0 saturated heterocycles. The Labute approximate surface area is 131 Å².